The molecule has 0 spiro atoms. The van der Waals surface area contributed by atoms with Crippen LogP contribution in [0.15, 0.2) is 24.3 Å². The summed E-state index contributed by atoms with van der Waals surface area (Å²) < 4.78 is 10.8. The molecule has 1 aliphatic rings. The third-order valence-corrected chi connectivity index (χ3v) is 6.82. The molecule has 4 rings (SSSR count). The molecule has 0 saturated carbocycles. The predicted molar refractivity (Wildman–Crippen MR) is 128 cm³/mol. The summed E-state index contributed by atoms with van der Waals surface area (Å²) in [6.45, 7) is 13.3. The van der Waals surface area contributed by atoms with Crippen LogP contribution in [0.2, 0.25) is 0 Å². The number of anilines is 1. The van der Waals surface area contributed by atoms with Crippen molar-refractivity contribution in [2.45, 2.75) is 34.2 Å². The third-order valence-electron chi connectivity index (χ3n) is 5.66. The van der Waals surface area contributed by atoms with Gasteiger partial charge < -0.3 is 14.4 Å². The van der Waals surface area contributed by atoms with Crippen LogP contribution in [-0.2, 0) is 11.3 Å². The summed E-state index contributed by atoms with van der Waals surface area (Å²) in [4.78, 5) is 28.0. The first kappa shape index (κ1) is 22.5. The van der Waals surface area contributed by atoms with E-state index >= 15 is 0 Å². The normalized spacial score (nSPS) is 14.7. The first-order chi connectivity index (χ1) is 15.5. The highest BCUT2D eigenvalue weighted by Crippen LogP contribution is 2.36. The van der Waals surface area contributed by atoms with Crippen LogP contribution in [0.5, 0.6) is 5.75 Å². The van der Waals surface area contributed by atoms with Gasteiger partial charge in [-0.3, -0.25) is 4.90 Å². The SMILES string of the molecule is CCOC(=O)c1sc2nc(C)nc(N3CCN(Cc4ccc(OCC)cc4)CC3)c2c1C. The van der Waals surface area contributed by atoms with Gasteiger partial charge in [-0.15, -0.1) is 11.3 Å². The van der Waals surface area contributed by atoms with Crippen LogP contribution in [-0.4, -0.2) is 60.2 Å². The highest BCUT2D eigenvalue weighted by Gasteiger charge is 2.25. The monoisotopic (exact) mass is 454 g/mol. The van der Waals surface area contributed by atoms with Crippen LogP contribution in [0.1, 0.15) is 40.5 Å². The third kappa shape index (κ3) is 4.71. The molecular weight excluding hydrogens is 424 g/mol. The number of benzene rings is 1. The second-order valence-electron chi connectivity index (χ2n) is 7.89. The van der Waals surface area contributed by atoms with E-state index in [0.29, 0.717) is 18.1 Å². The van der Waals surface area contributed by atoms with Crippen LogP contribution in [0.25, 0.3) is 10.2 Å². The molecule has 1 aromatic carbocycles. The van der Waals surface area contributed by atoms with Crippen LogP contribution in [0.4, 0.5) is 5.82 Å². The number of aromatic nitrogens is 2. The summed E-state index contributed by atoms with van der Waals surface area (Å²) in [5.74, 6) is 2.29. The minimum absolute atomic E-state index is 0.281. The van der Waals surface area contributed by atoms with Crippen LogP contribution in [0, 0.1) is 13.8 Å². The van der Waals surface area contributed by atoms with E-state index in [0.717, 1.165) is 65.9 Å². The molecule has 8 heteroatoms. The molecule has 1 saturated heterocycles. The van der Waals surface area contributed by atoms with Crippen molar-refractivity contribution in [2.24, 2.45) is 0 Å². The first-order valence-corrected chi connectivity index (χ1v) is 12.0. The van der Waals surface area contributed by atoms with Crippen LogP contribution in [0.3, 0.4) is 0 Å². The smallest absolute Gasteiger partial charge is 0.348 e. The zero-order chi connectivity index (χ0) is 22.7. The van der Waals surface area contributed by atoms with E-state index < -0.39 is 0 Å². The Kier molecular flexibility index (Phi) is 6.91. The first-order valence-electron chi connectivity index (χ1n) is 11.1. The summed E-state index contributed by atoms with van der Waals surface area (Å²) in [6, 6.07) is 8.35. The number of nitrogens with zero attached hydrogens (tertiary/aromatic N) is 4. The molecule has 7 nitrogen and oxygen atoms in total. The van der Waals surface area contributed by atoms with Crippen LogP contribution >= 0.6 is 11.3 Å². The lowest BCUT2D eigenvalue weighted by molar-refractivity contribution is 0.0531. The molecular formula is C24H30N4O3S. The lowest BCUT2D eigenvalue weighted by atomic mass is 10.1. The van der Waals surface area contributed by atoms with Crippen molar-refractivity contribution in [3.63, 3.8) is 0 Å². The summed E-state index contributed by atoms with van der Waals surface area (Å²) in [6.07, 6.45) is 0. The number of ether oxygens (including phenoxy) is 2. The van der Waals surface area contributed by atoms with Gasteiger partial charge in [0.2, 0.25) is 0 Å². The summed E-state index contributed by atoms with van der Waals surface area (Å²) >= 11 is 1.40. The molecule has 1 aliphatic heterocycles. The topological polar surface area (TPSA) is 67.8 Å². The van der Waals surface area contributed by atoms with E-state index in [1.807, 2.05) is 39.8 Å². The molecule has 0 aliphatic carbocycles. The zero-order valence-corrected chi connectivity index (χ0v) is 20.0. The highest BCUT2D eigenvalue weighted by molar-refractivity contribution is 7.20. The lowest BCUT2D eigenvalue weighted by Crippen LogP contribution is -2.46. The molecule has 2 aromatic heterocycles. The lowest BCUT2D eigenvalue weighted by Gasteiger charge is -2.35. The van der Waals surface area contributed by atoms with Gasteiger partial charge in [0.25, 0.3) is 0 Å². The number of aryl methyl sites for hydroxylation is 2. The van der Waals surface area contributed by atoms with Crippen molar-refractivity contribution < 1.29 is 14.3 Å². The fourth-order valence-electron chi connectivity index (χ4n) is 4.08. The van der Waals surface area contributed by atoms with E-state index in [9.17, 15) is 4.79 Å². The molecule has 0 atom stereocenters. The van der Waals surface area contributed by atoms with Crippen molar-refractivity contribution in [3.05, 3.63) is 46.1 Å². The highest BCUT2D eigenvalue weighted by atomic mass is 32.1. The van der Waals surface area contributed by atoms with Gasteiger partial charge in [-0.05, 0) is 51.0 Å². The van der Waals surface area contributed by atoms with E-state index in [4.69, 9.17) is 14.5 Å². The zero-order valence-electron chi connectivity index (χ0n) is 19.2. The largest absolute Gasteiger partial charge is 0.494 e. The number of carbonyl (C=O) groups is 1. The Morgan fingerprint density at radius 2 is 1.75 bits per heavy atom. The Bertz CT molecular complexity index is 1090. The van der Waals surface area contributed by atoms with Crippen molar-refractivity contribution in [1.29, 1.82) is 0 Å². The maximum absolute atomic E-state index is 12.4. The molecule has 0 amide bonds. The van der Waals surface area contributed by atoms with Crippen molar-refractivity contribution >= 4 is 33.3 Å². The van der Waals surface area contributed by atoms with Crippen molar-refractivity contribution in [1.82, 2.24) is 14.9 Å². The molecule has 1 fully saturated rings. The summed E-state index contributed by atoms with van der Waals surface area (Å²) in [7, 11) is 0. The van der Waals surface area contributed by atoms with Crippen molar-refractivity contribution in [3.8, 4) is 5.75 Å². The minimum atomic E-state index is -0.281. The predicted octanol–water partition coefficient (Wildman–Crippen LogP) is 4.21. The second-order valence-corrected chi connectivity index (χ2v) is 8.89. The number of thiophene rings is 1. The number of rotatable bonds is 7. The summed E-state index contributed by atoms with van der Waals surface area (Å²) in [5.41, 5.74) is 2.20. The standard InChI is InChI=1S/C24H30N4O3S/c1-5-30-19-9-7-18(8-10-19)15-27-11-13-28(14-12-27)22-20-16(3)21(24(29)31-6-2)32-23(20)26-17(4)25-22/h7-10H,5-6,11-15H2,1-4H3. The number of carbonyl (C=O) groups excluding carboxylic acids is 1. The molecule has 0 radical (unpaired) electrons. The Labute approximate surface area is 193 Å². The molecule has 32 heavy (non-hydrogen) atoms. The minimum Gasteiger partial charge on any atom is -0.494 e. The van der Waals surface area contributed by atoms with Gasteiger partial charge in [-0.1, -0.05) is 12.1 Å². The van der Waals surface area contributed by atoms with Crippen LogP contribution < -0.4 is 9.64 Å². The van der Waals surface area contributed by atoms with Crippen molar-refractivity contribution in [2.75, 3.05) is 44.3 Å². The van der Waals surface area contributed by atoms with E-state index in [1.54, 1.807) is 0 Å². The molecule has 0 unspecified atom stereocenters. The maximum atomic E-state index is 12.4. The summed E-state index contributed by atoms with van der Waals surface area (Å²) in [5, 5.41) is 0.976. The Hall–Kier alpha value is -2.71. The Balaban J connectivity index is 1.49. The fourth-order valence-corrected chi connectivity index (χ4v) is 5.19. The average molecular weight is 455 g/mol. The second kappa shape index (κ2) is 9.83. The molecule has 0 bridgehead atoms. The van der Waals surface area contributed by atoms with Gasteiger partial charge in [-0.2, -0.15) is 0 Å². The molecule has 170 valence electrons. The molecule has 3 heterocycles. The van der Waals surface area contributed by atoms with E-state index in [1.165, 1.54) is 16.9 Å². The molecule has 0 N–H and O–H groups in total. The Morgan fingerprint density at radius 3 is 2.41 bits per heavy atom. The maximum Gasteiger partial charge on any atom is 0.348 e. The number of hydrogen-bond acceptors (Lipinski definition) is 8. The van der Waals surface area contributed by atoms with E-state index in [-0.39, 0.29) is 5.97 Å². The quantitative estimate of drug-likeness (QED) is 0.496. The fraction of sp³-hybridized carbons (Fsp3) is 0.458. The average Bonchev–Trinajstić information content (AvgIpc) is 3.12. The Morgan fingerprint density at radius 1 is 1.03 bits per heavy atom. The van der Waals surface area contributed by atoms with Gasteiger partial charge in [0.05, 0.1) is 18.6 Å². The van der Waals surface area contributed by atoms with E-state index in [2.05, 4.69) is 26.9 Å². The number of fused-ring (bicyclic) bond motifs is 1. The number of hydrogen-bond donors (Lipinski definition) is 0. The van der Waals surface area contributed by atoms with Gasteiger partial charge in [0.15, 0.2) is 0 Å². The number of piperazine rings is 1. The number of esters is 1. The van der Waals surface area contributed by atoms with Gasteiger partial charge in [0.1, 0.15) is 27.1 Å². The van der Waals surface area contributed by atoms with Gasteiger partial charge in [-0.25, -0.2) is 14.8 Å². The molecule has 3 aromatic rings. The van der Waals surface area contributed by atoms with Gasteiger partial charge in [0, 0.05) is 32.7 Å². The van der Waals surface area contributed by atoms with Gasteiger partial charge >= 0.3 is 5.97 Å².